The number of benzene rings is 1. The van der Waals surface area contributed by atoms with Crippen LogP contribution in [0.3, 0.4) is 0 Å². The minimum absolute atomic E-state index is 0.101. The first-order valence-corrected chi connectivity index (χ1v) is 10.2. The normalized spacial score (nSPS) is 25.6. The van der Waals surface area contributed by atoms with E-state index in [0.29, 0.717) is 25.3 Å². The summed E-state index contributed by atoms with van der Waals surface area (Å²) in [5, 5.41) is 3.00. The molecule has 1 saturated heterocycles. The second-order valence-electron chi connectivity index (χ2n) is 9.14. The minimum atomic E-state index is -0.728. The quantitative estimate of drug-likeness (QED) is 0.744. The molecule has 2 fully saturated rings. The first-order chi connectivity index (χ1) is 13.2. The Labute approximate surface area is 167 Å². The Morgan fingerprint density at radius 1 is 1.21 bits per heavy atom. The Bertz CT molecular complexity index is 724. The Balaban J connectivity index is 1.61. The lowest BCUT2D eigenvalue weighted by atomic mass is 9.65. The van der Waals surface area contributed by atoms with E-state index in [2.05, 4.69) is 26.1 Å². The molecule has 3 rings (SSSR count). The van der Waals surface area contributed by atoms with Crippen LogP contribution in [0.25, 0.3) is 0 Å². The van der Waals surface area contributed by atoms with Crippen LogP contribution in [0.1, 0.15) is 58.4 Å². The summed E-state index contributed by atoms with van der Waals surface area (Å²) in [6.45, 7) is 7.57. The van der Waals surface area contributed by atoms with Gasteiger partial charge in [-0.15, -0.1) is 0 Å². The molecule has 1 saturated carbocycles. The third-order valence-corrected chi connectivity index (χ3v) is 6.85. The number of hydrogen-bond donors (Lipinski definition) is 1. The van der Waals surface area contributed by atoms with Crippen molar-refractivity contribution in [1.29, 1.82) is 0 Å². The number of hydrogen-bond acceptors (Lipinski definition) is 3. The Hall–Kier alpha value is -1.95. The van der Waals surface area contributed by atoms with Crippen molar-refractivity contribution in [3.05, 3.63) is 35.6 Å². The molecule has 2 aliphatic rings. The van der Waals surface area contributed by atoms with Crippen molar-refractivity contribution in [3.8, 4) is 0 Å². The molecule has 0 aromatic heterocycles. The number of urea groups is 1. The highest BCUT2D eigenvalue weighted by atomic mass is 19.1. The maximum absolute atomic E-state index is 13.1. The smallest absolute Gasteiger partial charge is 0.323 e. The van der Waals surface area contributed by atoms with Crippen LogP contribution in [-0.2, 0) is 11.3 Å². The molecule has 6 heteroatoms. The van der Waals surface area contributed by atoms with Crippen LogP contribution in [0.5, 0.6) is 0 Å². The predicted octanol–water partition coefficient (Wildman–Crippen LogP) is 4.13. The average Bonchev–Trinajstić information content (AvgIpc) is 2.88. The van der Waals surface area contributed by atoms with Crippen LogP contribution in [0.4, 0.5) is 9.18 Å². The van der Waals surface area contributed by atoms with E-state index in [4.69, 9.17) is 0 Å². The van der Waals surface area contributed by atoms with Gasteiger partial charge < -0.3 is 5.32 Å². The van der Waals surface area contributed by atoms with Crippen LogP contribution in [-0.4, -0.2) is 41.0 Å². The van der Waals surface area contributed by atoms with Gasteiger partial charge in [0.1, 0.15) is 11.4 Å². The van der Waals surface area contributed by atoms with Crippen molar-refractivity contribution in [2.24, 2.45) is 11.3 Å². The van der Waals surface area contributed by atoms with Crippen molar-refractivity contribution in [3.63, 3.8) is 0 Å². The number of rotatable bonds is 6. The summed E-state index contributed by atoms with van der Waals surface area (Å²) in [4.78, 5) is 28.9. The molecule has 1 aromatic rings. The molecular formula is C22H32FN3O2. The maximum atomic E-state index is 13.1. The zero-order valence-corrected chi connectivity index (χ0v) is 17.4. The number of nitrogens with zero attached hydrogens (tertiary/aromatic N) is 2. The highest BCUT2D eigenvalue weighted by Crippen LogP contribution is 2.45. The van der Waals surface area contributed by atoms with E-state index in [1.165, 1.54) is 17.0 Å². The average molecular weight is 390 g/mol. The summed E-state index contributed by atoms with van der Waals surface area (Å²) >= 11 is 0. The molecule has 1 aliphatic heterocycles. The molecule has 28 heavy (non-hydrogen) atoms. The number of imide groups is 1. The summed E-state index contributed by atoms with van der Waals surface area (Å²) in [6.07, 6.45) is 4.47. The van der Waals surface area contributed by atoms with Gasteiger partial charge in [0.15, 0.2) is 0 Å². The van der Waals surface area contributed by atoms with Gasteiger partial charge in [-0.2, -0.15) is 0 Å². The van der Waals surface area contributed by atoms with E-state index in [0.717, 1.165) is 24.8 Å². The third-order valence-electron chi connectivity index (χ3n) is 6.85. The fourth-order valence-electron chi connectivity index (χ4n) is 4.52. The second-order valence-corrected chi connectivity index (χ2v) is 9.14. The highest BCUT2D eigenvalue weighted by Gasteiger charge is 2.53. The van der Waals surface area contributed by atoms with Gasteiger partial charge in [0.25, 0.3) is 5.91 Å². The van der Waals surface area contributed by atoms with E-state index < -0.39 is 5.54 Å². The fourth-order valence-corrected chi connectivity index (χ4v) is 4.52. The SMILES string of the molecule is CCC(C)(C)C1CCC2(CC1)NC(=O)N(CN(C)Cc1ccc(F)cc1)C2=O. The molecule has 0 unspecified atom stereocenters. The first kappa shape index (κ1) is 20.8. The van der Waals surface area contributed by atoms with Crippen LogP contribution in [0.2, 0.25) is 0 Å². The van der Waals surface area contributed by atoms with Crippen molar-refractivity contribution >= 4 is 11.9 Å². The standard InChI is InChI=1S/C22H32FN3O2/c1-5-21(2,3)17-10-12-22(13-11-17)19(27)26(20(28)24-22)15-25(4)14-16-6-8-18(23)9-7-16/h6-9,17H,5,10-15H2,1-4H3,(H,24,28). The van der Waals surface area contributed by atoms with Crippen molar-refractivity contribution in [2.75, 3.05) is 13.7 Å². The summed E-state index contributed by atoms with van der Waals surface area (Å²) in [5.41, 5.74) is 0.476. The van der Waals surface area contributed by atoms with Crippen LogP contribution >= 0.6 is 0 Å². The van der Waals surface area contributed by atoms with Gasteiger partial charge in [-0.25, -0.2) is 14.1 Å². The number of halogens is 1. The van der Waals surface area contributed by atoms with Gasteiger partial charge >= 0.3 is 6.03 Å². The fraction of sp³-hybridized carbons (Fsp3) is 0.636. The lowest BCUT2D eigenvalue weighted by Gasteiger charge is -2.42. The summed E-state index contributed by atoms with van der Waals surface area (Å²) in [6, 6.07) is 5.97. The molecule has 0 radical (unpaired) electrons. The molecule has 0 bridgehead atoms. The third kappa shape index (κ3) is 4.07. The molecule has 1 aliphatic carbocycles. The van der Waals surface area contributed by atoms with Gasteiger partial charge in [-0.05, 0) is 61.8 Å². The van der Waals surface area contributed by atoms with E-state index in [1.807, 2.05) is 11.9 Å². The summed E-state index contributed by atoms with van der Waals surface area (Å²) < 4.78 is 13.1. The van der Waals surface area contributed by atoms with Gasteiger partial charge in [0.2, 0.25) is 0 Å². The van der Waals surface area contributed by atoms with Crippen LogP contribution in [0, 0.1) is 17.2 Å². The van der Waals surface area contributed by atoms with Gasteiger partial charge in [-0.3, -0.25) is 9.69 Å². The van der Waals surface area contributed by atoms with Gasteiger partial charge in [0.05, 0.1) is 6.67 Å². The van der Waals surface area contributed by atoms with E-state index in [1.54, 1.807) is 12.1 Å². The topological polar surface area (TPSA) is 52.7 Å². The molecule has 1 aromatic carbocycles. The molecule has 1 N–H and O–H groups in total. The number of nitrogens with one attached hydrogen (secondary N) is 1. The molecule has 1 spiro atoms. The van der Waals surface area contributed by atoms with Gasteiger partial charge in [-0.1, -0.05) is 39.3 Å². The molecule has 154 valence electrons. The monoisotopic (exact) mass is 389 g/mol. The van der Waals surface area contributed by atoms with E-state index in [9.17, 15) is 14.0 Å². The second kappa shape index (κ2) is 7.82. The minimum Gasteiger partial charge on any atom is -0.323 e. The van der Waals surface area contributed by atoms with Crippen molar-refractivity contribution < 1.29 is 14.0 Å². The number of amides is 3. The Morgan fingerprint density at radius 3 is 2.39 bits per heavy atom. The summed E-state index contributed by atoms with van der Waals surface area (Å²) in [7, 11) is 1.86. The lowest BCUT2D eigenvalue weighted by Crippen LogP contribution is -2.51. The van der Waals surface area contributed by atoms with E-state index in [-0.39, 0.29) is 29.8 Å². The predicted molar refractivity (Wildman–Crippen MR) is 107 cm³/mol. The number of carbonyl (C=O) groups is 2. The maximum Gasteiger partial charge on any atom is 0.326 e. The van der Waals surface area contributed by atoms with Crippen LogP contribution in [0.15, 0.2) is 24.3 Å². The molecule has 1 heterocycles. The zero-order valence-electron chi connectivity index (χ0n) is 17.4. The van der Waals surface area contributed by atoms with Crippen LogP contribution < -0.4 is 5.32 Å². The lowest BCUT2D eigenvalue weighted by molar-refractivity contribution is -0.134. The van der Waals surface area contributed by atoms with Crippen molar-refractivity contribution in [1.82, 2.24) is 15.1 Å². The molecular weight excluding hydrogens is 357 g/mol. The summed E-state index contributed by atoms with van der Waals surface area (Å²) in [5.74, 6) is 0.212. The molecule has 0 atom stereocenters. The number of carbonyl (C=O) groups excluding carboxylic acids is 2. The molecule has 5 nitrogen and oxygen atoms in total. The van der Waals surface area contributed by atoms with Crippen molar-refractivity contribution in [2.45, 2.75) is 65.0 Å². The Kier molecular flexibility index (Phi) is 5.80. The molecule has 3 amide bonds. The zero-order chi connectivity index (χ0) is 20.5. The van der Waals surface area contributed by atoms with Gasteiger partial charge in [0, 0.05) is 6.54 Å². The largest absolute Gasteiger partial charge is 0.326 e. The Morgan fingerprint density at radius 2 is 1.82 bits per heavy atom. The highest BCUT2D eigenvalue weighted by molar-refractivity contribution is 6.07. The van der Waals surface area contributed by atoms with E-state index >= 15 is 0 Å². The first-order valence-electron chi connectivity index (χ1n) is 10.2.